The number of hydrogen-bond donors (Lipinski definition) is 2. The van der Waals surface area contributed by atoms with Gasteiger partial charge in [-0.05, 0) is 74.0 Å². The molecule has 22 heavy (non-hydrogen) atoms. The van der Waals surface area contributed by atoms with Gasteiger partial charge in [0.25, 0.3) is 0 Å². The second-order valence-electron chi connectivity index (χ2n) is 9.16. The molecule has 4 fully saturated rings. The number of carbonyl (C=O) groups is 1. The van der Waals surface area contributed by atoms with Gasteiger partial charge in [-0.15, -0.1) is 0 Å². The molecule has 0 bridgehead atoms. The minimum absolute atomic E-state index is 0.145. The Balaban J connectivity index is 1.69. The maximum atomic E-state index is 12.4. The van der Waals surface area contributed by atoms with Gasteiger partial charge in [-0.3, -0.25) is 4.79 Å². The predicted molar refractivity (Wildman–Crippen MR) is 84.1 cm³/mol. The number of ketones is 1. The molecule has 0 aromatic carbocycles. The first-order chi connectivity index (χ1) is 10.4. The van der Waals surface area contributed by atoms with Gasteiger partial charge < -0.3 is 10.2 Å². The lowest BCUT2D eigenvalue weighted by Crippen LogP contribution is -2.59. The average molecular weight is 306 g/mol. The number of aliphatic hydroxyl groups excluding tert-OH is 2. The fourth-order valence-corrected chi connectivity index (χ4v) is 7.13. The van der Waals surface area contributed by atoms with Crippen molar-refractivity contribution in [2.45, 2.75) is 77.4 Å². The Morgan fingerprint density at radius 2 is 1.86 bits per heavy atom. The Kier molecular flexibility index (Phi) is 3.30. The summed E-state index contributed by atoms with van der Waals surface area (Å²) in [5.74, 6) is 2.27. The fraction of sp³-hybridized carbons (Fsp3) is 0.947. The first-order valence-electron chi connectivity index (χ1n) is 9.25. The molecule has 0 saturated heterocycles. The van der Waals surface area contributed by atoms with Crippen molar-refractivity contribution in [1.29, 1.82) is 0 Å². The molecule has 2 N–H and O–H groups in total. The molecule has 0 aliphatic heterocycles. The normalized spacial score (nSPS) is 57.9. The van der Waals surface area contributed by atoms with Crippen molar-refractivity contribution < 1.29 is 15.0 Å². The van der Waals surface area contributed by atoms with Crippen LogP contribution in [0, 0.1) is 34.5 Å². The van der Waals surface area contributed by atoms with Gasteiger partial charge in [0.05, 0.1) is 12.2 Å². The Labute approximate surface area is 133 Å². The van der Waals surface area contributed by atoms with Crippen LogP contribution >= 0.6 is 0 Å². The second kappa shape index (κ2) is 4.80. The van der Waals surface area contributed by atoms with E-state index < -0.39 is 0 Å². The molecule has 0 unspecified atom stereocenters. The zero-order valence-electron chi connectivity index (χ0n) is 13.9. The predicted octanol–water partition coefficient (Wildman–Crippen LogP) is 2.93. The number of rotatable bonds is 0. The van der Waals surface area contributed by atoms with Crippen LogP contribution in [-0.4, -0.2) is 28.2 Å². The van der Waals surface area contributed by atoms with Crippen LogP contribution in [-0.2, 0) is 4.79 Å². The van der Waals surface area contributed by atoms with Crippen LogP contribution in [0.25, 0.3) is 0 Å². The van der Waals surface area contributed by atoms with Crippen LogP contribution < -0.4 is 0 Å². The largest absolute Gasteiger partial charge is 0.393 e. The van der Waals surface area contributed by atoms with E-state index in [1.54, 1.807) is 0 Å². The molecule has 3 heteroatoms. The monoisotopic (exact) mass is 306 g/mol. The molecular weight excluding hydrogens is 276 g/mol. The summed E-state index contributed by atoms with van der Waals surface area (Å²) < 4.78 is 0. The molecule has 8 atom stereocenters. The van der Waals surface area contributed by atoms with Crippen molar-refractivity contribution >= 4 is 5.78 Å². The SMILES string of the molecule is C[C@]12CC[C@@H](O)C[C@@H]1CC[C@@H]1[C@H]2[C@@H](O)C[C@]2(C)C(=O)CC[C@@H]12. The Morgan fingerprint density at radius 3 is 2.64 bits per heavy atom. The number of hydrogen-bond acceptors (Lipinski definition) is 3. The van der Waals surface area contributed by atoms with Gasteiger partial charge in [-0.1, -0.05) is 13.8 Å². The summed E-state index contributed by atoms with van der Waals surface area (Å²) in [6, 6.07) is 0. The van der Waals surface area contributed by atoms with E-state index in [-0.39, 0.29) is 23.0 Å². The summed E-state index contributed by atoms with van der Waals surface area (Å²) in [4.78, 5) is 12.4. The fourth-order valence-electron chi connectivity index (χ4n) is 7.13. The summed E-state index contributed by atoms with van der Waals surface area (Å²) in [7, 11) is 0. The molecule has 0 aromatic rings. The molecule has 124 valence electrons. The van der Waals surface area contributed by atoms with Crippen molar-refractivity contribution in [3.05, 3.63) is 0 Å². The van der Waals surface area contributed by atoms with Gasteiger partial charge in [-0.2, -0.15) is 0 Å². The third-order valence-corrected chi connectivity index (χ3v) is 8.28. The summed E-state index contributed by atoms with van der Waals surface area (Å²) in [5, 5.41) is 21.0. The standard InChI is InChI=1S/C19H30O3/c1-18-8-7-12(20)9-11(18)3-4-13-14-5-6-16(22)19(14,2)10-15(21)17(13)18/h11-15,17,20-21H,3-10H2,1-2H3/t11-,12+,13-,14-,15-,17-,18-,19-/m0/s1. The molecule has 0 aromatic heterocycles. The van der Waals surface area contributed by atoms with E-state index in [4.69, 9.17) is 0 Å². The maximum absolute atomic E-state index is 12.4. The van der Waals surface area contributed by atoms with Gasteiger partial charge in [-0.25, -0.2) is 0 Å². The molecule has 4 rings (SSSR count). The van der Waals surface area contributed by atoms with Gasteiger partial charge in [0.2, 0.25) is 0 Å². The van der Waals surface area contributed by atoms with Crippen LogP contribution in [0.3, 0.4) is 0 Å². The molecule has 4 aliphatic rings. The lowest BCUT2D eigenvalue weighted by Gasteiger charge is -2.61. The van der Waals surface area contributed by atoms with Crippen LogP contribution in [0.5, 0.6) is 0 Å². The molecule has 0 amide bonds. The summed E-state index contributed by atoms with van der Waals surface area (Å²) in [6.45, 7) is 4.48. The minimum Gasteiger partial charge on any atom is -0.393 e. The first-order valence-corrected chi connectivity index (χ1v) is 9.25. The number of carbonyl (C=O) groups excluding carboxylic acids is 1. The lowest BCUT2D eigenvalue weighted by atomic mass is 9.44. The van der Waals surface area contributed by atoms with E-state index in [1.807, 2.05) is 0 Å². The third-order valence-electron chi connectivity index (χ3n) is 8.28. The highest BCUT2D eigenvalue weighted by Crippen LogP contribution is 2.65. The van der Waals surface area contributed by atoms with E-state index in [0.29, 0.717) is 35.9 Å². The van der Waals surface area contributed by atoms with Crippen molar-refractivity contribution in [3.63, 3.8) is 0 Å². The molecule has 0 radical (unpaired) electrons. The molecule has 4 aliphatic carbocycles. The summed E-state index contributed by atoms with van der Waals surface area (Å²) in [5.41, 5.74) is -0.105. The van der Waals surface area contributed by atoms with E-state index in [1.165, 1.54) is 6.42 Å². The van der Waals surface area contributed by atoms with Gasteiger partial charge in [0, 0.05) is 11.8 Å². The van der Waals surface area contributed by atoms with Gasteiger partial charge in [0.1, 0.15) is 5.78 Å². The van der Waals surface area contributed by atoms with Crippen LogP contribution in [0.15, 0.2) is 0 Å². The first kappa shape index (κ1) is 15.1. The molecular formula is C19H30O3. The average Bonchev–Trinajstić information content (AvgIpc) is 2.75. The quantitative estimate of drug-likeness (QED) is 0.723. The van der Waals surface area contributed by atoms with Gasteiger partial charge >= 0.3 is 0 Å². The minimum atomic E-state index is -0.337. The lowest BCUT2D eigenvalue weighted by molar-refractivity contribution is -0.175. The maximum Gasteiger partial charge on any atom is 0.139 e. The van der Waals surface area contributed by atoms with E-state index in [9.17, 15) is 15.0 Å². The van der Waals surface area contributed by atoms with E-state index >= 15 is 0 Å². The highest BCUT2D eigenvalue weighted by molar-refractivity contribution is 5.87. The number of fused-ring (bicyclic) bond motifs is 5. The van der Waals surface area contributed by atoms with Crippen molar-refractivity contribution in [3.8, 4) is 0 Å². The van der Waals surface area contributed by atoms with Crippen LogP contribution in [0.2, 0.25) is 0 Å². The molecule has 3 nitrogen and oxygen atoms in total. The van der Waals surface area contributed by atoms with Crippen LogP contribution in [0.1, 0.15) is 65.2 Å². The van der Waals surface area contributed by atoms with E-state index in [2.05, 4.69) is 13.8 Å². The topological polar surface area (TPSA) is 57.5 Å². The summed E-state index contributed by atoms with van der Waals surface area (Å²) in [6.07, 6.45) is 7.08. The van der Waals surface area contributed by atoms with Crippen molar-refractivity contribution in [2.24, 2.45) is 34.5 Å². The number of Topliss-reactive ketones (excluding diaryl/α,β-unsaturated/α-hetero) is 1. The van der Waals surface area contributed by atoms with Crippen molar-refractivity contribution in [2.75, 3.05) is 0 Å². The second-order valence-corrected chi connectivity index (χ2v) is 9.16. The zero-order chi connectivity index (χ0) is 15.7. The van der Waals surface area contributed by atoms with Gasteiger partial charge in [0.15, 0.2) is 0 Å². The van der Waals surface area contributed by atoms with Crippen LogP contribution in [0.4, 0.5) is 0 Å². The smallest absolute Gasteiger partial charge is 0.139 e. The molecule has 0 spiro atoms. The van der Waals surface area contributed by atoms with E-state index in [0.717, 1.165) is 38.5 Å². The Bertz CT molecular complexity index is 489. The highest BCUT2D eigenvalue weighted by Gasteiger charge is 2.63. The van der Waals surface area contributed by atoms with Crippen molar-refractivity contribution in [1.82, 2.24) is 0 Å². The summed E-state index contributed by atoms with van der Waals surface area (Å²) >= 11 is 0. The Morgan fingerprint density at radius 1 is 1.09 bits per heavy atom. The molecule has 4 saturated carbocycles. The Hall–Kier alpha value is -0.410. The zero-order valence-corrected chi connectivity index (χ0v) is 13.9. The third kappa shape index (κ3) is 1.84. The molecule has 0 heterocycles. The highest BCUT2D eigenvalue weighted by atomic mass is 16.3. The number of aliphatic hydroxyl groups is 2.